The van der Waals surface area contributed by atoms with E-state index in [4.69, 9.17) is 10.3 Å². The second-order valence-corrected chi connectivity index (χ2v) is 3.48. The predicted octanol–water partition coefficient (Wildman–Crippen LogP) is 2.70. The van der Waals surface area contributed by atoms with E-state index >= 15 is 0 Å². The highest BCUT2D eigenvalue weighted by molar-refractivity contribution is 9.10. The first-order chi connectivity index (χ1) is 7.67. The minimum atomic E-state index is -0.658. The summed E-state index contributed by atoms with van der Waals surface area (Å²) in [6, 6.07) is 1.73. The van der Waals surface area contributed by atoms with Crippen molar-refractivity contribution in [3.63, 3.8) is 0 Å². The van der Waals surface area contributed by atoms with E-state index < -0.39 is 5.91 Å². The molecule has 0 bridgehead atoms. The van der Waals surface area contributed by atoms with E-state index in [0.29, 0.717) is 15.9 Å². The molecule has 0 aliphatic carbocycles. The maximum Gasteiger partial charge on any atom is 0.242 e. The Balaban J connectivity index is 2.86. The summed E-state index contributed by atoms with van der Waals surface area (Å²) in [5, 5.41) is 2.89. The molecule has 0 aromatic carbocycles. The second kappa shape index (κ2) is 5.89. The summed E-state index contributed by atoms with van der Waals surface area (Å²) >= 11 is 3.26. The normalized spacial score (nSPS) is 9.88. The Labute approximate surface area is 99.7 Å². The van der Waals surface area contributed by atoms with Crippen LogP contribution in [0.15, 0.2) is 27.9 Å². The van der Waals surface area contributed by atoms with Gasteiger partial charge in [-0.25, -0.2) is 4.98 Å². The highest BCUT2D eigenvalue weighted by atomic mass is 79.9. The topological polar surface area (TPSA) is 88.0 Å². The summed E-state index contributed by atoms with van der Waals surface area (Å²) < 4.78 is 5.62. The fourth-order valence-corrected chi connectivity index (χ4v) is 1.46. The van der Waals surface area contributed by atoms with Gasteiger partial charge in [-0.3, -0.25) is 4.79 Å². The quantitative estimate of drug-likeness (QED) is 0.369. The maximum atomic E-state index is 10.9. The first-order valence-electron chi connectivity index (χ1n) is 4.14. The molecule has 0 fully saturated rings. The Bertz CT molecular complexity index is 480. The molecule has 0 radical (unpaired) electrons. The minimum Gasteiger partial charge on any atom is -0.480 e. The number of halogens is 1. The van der Waals surface area contributed by atoms with Crippen molar-refractivity contribution < 1.29 is 9.53 Å². The Kier molecular flexibility index (Phi) is 4.50. The molecule has 16 heavy (non-hydrogen) atoms. The van der Waals surface area contributed by atoms with Crippen molar-refractivity contribution in [2.24, 2.45) is 5.11 Å². The number of azide groups is 1. The van der Waals surface area contributed by atoms with Crippen molar-refractivity contribution in [2.45, 2.75) is 0 Å². The van der Waals surface area contributed by atoms with Crippen LogP contribution >= 0.6 is 15.9 Å². The van der Waals surface area contributed by atoms with E-state index in [-0.39, 0.29) is 0 Å². The van der Waals surface area contributed by atoms with Gasteiger partial charge in [0.25, 0.3) is 0 Å². The number of rotatable bonds is 3. The van der Waals surface area contributed by atoms with Gasteiger partial charge in [0.15, 0.2) is 0 Å². The smallest absolute Gasteiger partial charge is 0.242 e. The lowest BCUT2D eigenvalue weighted by Crippen LogP contribution is -1.89. The number of carbonyl (C=O) groups is 1. The molecule has 0 atom stereocenters. The fraction of sp³-hybridized carbons (Fsp3) is 0.111. The van der Waals surface area contributed by atoms with Crippen molar-refractivity contribution in [3.8, 4) is 5.88 Å². The lowest BCUT2D eigenvalue weighted by molar-refractivity contribution is -0.113. The summed E-state index contributed by atoms with van der Waals surface area (Å²) in [7, 11) is 1.51. The molecule has 7 heteroatoms. The van der Waals surface area contributed by atoms with Gasteiger partial charge in [0.05, 0.1) is 11.6 Å². The summed E-state index contributed by atoms with van der Waals surface area (Å²) in [6.07, 6.45) is 4.19. The Hall–Kier alpha value is -1.85. The molecule has 1 heterocycles. The largest absolute Gasteiger partial charge is 0.480 e. The fourth-order valence-electron chi connectivity index (χ4n) is 0.926. The van der Waals surface area contributed by atoms with Gasteiger partial charge in [-0.2, -0.15) is 0 Å². The standard InChI is InChI=1S/C9H7BrN4O2/c1-16-9-7(10)4-6(5-12-9)2-3-8(15)13-14-11/h2-5H,1H3. The zero-order chi connectivity index (χ0) is 12.0. The van der Waals surface area contributed by atoms with Crippen LogP contribution in [0.4, 0.5) is 0 Å². The van der Waals surface area contributed by atoms with Crippen LogP contribution in [0.3, 0.4) is 0 Å². The number of hydrogen-bond donors (Lipinski definition) is 0. The Morgan fingerprint density at radius 3 is 3.06 bits per heavy atom. The molecule has 1 rings (SSSR count). The van der Waals surface area contributed by atoms with Gasteiger partial charge in [-0.1, -0.05) is 0 Å². The van der Waals surface area contributed by atoms with Gasteiger partial charge < -0.3 is 4.74 Å². The highest BCUT2D eigenvalue weighted by Gasteiger charge is 2.01. The number of aromatic nitrogens is 1. The van der Waals surface area contributed by atoms with E-state index in [2.05, 4.69) is 30.9 Å². The minimum absolute atomic E-state index is 0.457. The maximum absolute atomic E-state index is 10.9. The molecule has 1 amide bonds. The van der Waals surface area contributed by atoms with E-state index in [1.54, 1.807) is 6.07 Å². The summed E-state index contributed by atoms with van der Waals surface area (Å²) in [5.74, 6) is -0.201. The van der Waals surface area contributed by atoms with Crippen molar-refractivity contribution in [2.75, 3.05) is 7.11 Å². The zero-order valence-electron chi connectivity index (χ0n) is 8.29. The average Bonchev–Trinajstić information content (AvgIpc) is 2.27. The summed E-state index contributed by atoms with van der Waals surface area (Å²) in [4.78, 5) is 17.2. The van der Waals surface area contributed by atoms with Gasteiger partial charge >= 0.3 is 0 Å². The molecule has 0 N–H and O–H groups in total. The molecule has 0 saturated carbocycles. The van der Waals surface area contributed by atoms with E-state index in [9.17, 15) is 4.79 Å². The number of ether oxygens (including phenoxy) is 1. The number of nitrogens with zero attached hydrogens (tertiary/aromatic N) is 4. The number of pyridine rings is 1. The summed E-state index contributed by atoms with van der Waals surface area (Å²) in [5.41, 5.74) is 8.70. The van der Waals surface area contributed by atoms with E-state index in [1.807, 2.05) is 0 Å². The highest BCUT2D eigenvalue weighted by Crippen LogP contribution is 2.22. The molecular weight excluding hydrogens is 276 g/mol. The third-order valence-corrected chi connectivity index (χ3v) is 2.15. The van der Waals surface area contributed by atoms with Crippen LogP contribution < -0.4 is 4.74 Å². The average molecular weight is 283 g/mol. The molecule has 1 aromatic rings. The Morgan fingerprint density at radius 2 is 2.50 bits per heavy atom. The van der Waals surface area contributed by atoms with E-state index in [1.165, 1.54) is 19.4 Å². The molecular formula is C9H7BrN4O2. The molecule has 0 aliphatic rings. The van der Waals surface area contributed by atoms with Crippen LogP contribution in [0.5, 0.6) is 5.88 Å². The van der Waals surface area contributed by atoms with Crippen LogP contribution in [0.1, 0.15) is 5.56 Å². The number of hydrogen-bond acceptors (Lipinski definition) is 3. The zero-order valence-corrected chi connectivity index (χ0v) is 9.88. The predicted molar refractivity (Wildman–Crippen MR) is 61.7 cm³/mol. The van der Waals surface area contributed by atoms with Crippen LogP contribution in [-0.2, 0) is 4.79 Å². The lowest BCUT2D eigenvalue weighted by Gasteiger charge is -2.01. The first-order valence-corrected chi connectivity index (χ1v) is 4.93. The first kappa shape index (κ1) is 12.2. The lowest BCUT2D eigenvalue weighted by atomic mass is 10.2. The van der Waals surface area contributed by atoms with Crippen LogP contribution in [0, 0.1) is 0 Å². The number of methoxy groups -OCH3 is 1. The summed E-state index contributed by atoms with van der Waals surface area (Å²) in [6.45, 7) is 0. The van der Waals surface area contributed by atoms with Crippen LogP contribution in [0.25, 0.3) is 16.5 Å². The third kappa shape index (κ3) is 3.38. The van der Waals surface area contributed by atoms with Crippen molar-refractivity contribution in [1.82, 2.24) is 4.98 Å². The van der Waals surface area contributed by atoms with Gasteiger partial charge in [0, 0.05) is 11.1 Å². The Morgan fingerprint density at radius 1 is 1.75 bits per heavy atom. The van der Waals surface area contributed by atoms with Gasteiger partial charge in [0.2, 0.25) is 11.8 Å². The van der Waals surface area contributed by atoms with Gasteiger partial charge in [-0.15, -0.1) is 0 Å². The number of carbonyl (C=O) groups excluding carboxylic acids is 1. The molecule has 82 valence electrons. The monoisotopic (exact) mass is 282 g/mol. The molecule has 6 nitrogen and oxygen atoms in total. The molecule has 0 saturated heterocycles. The van der Waals surface area contributed by atoms with Crippen molar-refractivity contribution in [1.29, 1.82) is 0 Å². The third-order valence-electron chi connectivity index (χ3n) is 1.58. The van der Waals surface area contributed by atoms with Crippen LogP contribution in [-0.4, -0.2) is 18.0 Å². The second-order valence-electron chi connectivity index (χ2n) is 2.62. The van der Waals surface area contributed by atoms with Crippen LogP contribution in [0.2, 0.25) is 0 Å². The van der Waals surface area contributed by atoms with Gasteiger partial charge in [-0.05, 0) is 50.4 Å². The molecule has 0 unspecified atom stereocenters. The van der Waals surface area contributed by atoms with E-state index in [0.717, 1.165) is 6.08 Å². The van der Waals surface area contributed by atoms with Crippen molar-refractivity contribution in [3.05, 3.63) is 38.8 Å². The molecule has 0 spiro atoms. The SMILES string of the molecule is COc1ncc(C=CC(=O)N=[N+]=[N-])cc1Br. The van der Waals surface area contributed by atoms with Gasteiger partial charge in [0.1, 0.15) is 0 Å². The molecule has 0 aliphatic heterocycles. The number of amides is 1. The van der Waals surface area contributed by atoms with Crippen molar-refractivity contribution >= 4 is 27.9 Å². The molecule has 1 aromatic heterocycles.